The van der Waals surface area contributed by atoms with Crippen molar-refractivity contribution in [3.63, 3.8) is 0 Å². The van der Waals surface area contributed by atoms with E-state index >= 15 is 0 Å². The molecule has 0 aromatic carbocycles. The molecule has 0 spiro atoms. The Labute approximate surface area is 166 Å². The second-order valence-corrected chi connectivity index (χ2v) is 6.74. The first-order valence-electron chi connectivity index (χ1n) is 8.61. The summed E-state index contributed by atoms with van der Waals surface area (Å²) >= 11 is 6.32. The number of nitrogens with zero attached hydrogens (tertiary/aromatic N) is 7. The van der Waals surface area contributed by atoms with E-state index in [1.54, 1.807) is 26.7 Å². The lowest BCUT2D eigenvalue weighted by Crippen LogP contribution is -1.99. The van der Waals surface area contributed by atoms with Gasteiger partial charge in [-0.25, -0.2) is 9.97 Å². The number of aliphatic imine (C=N–C) groups is 1. The number of H-pyrrole nitrogens is 1. The highest BCUT2D eigenvalue weighted by molar-refractivity contribution is 6.32. The average molecular weight is 399 g/mol. The predicted octanol–water partition coefficient (Wildman–Crippen LogP) is 3.01. The van der Waals surface area contributed by atoms with Crippen LogP contribution in [0.1, 0.15) is 18.7 Å². The number of aromatic amines is 1. The first-order chi connectivity index (χ1) is 13.5. The molecule has 4 heterocycles. The molecule has 0 saturated heterocycles. The van der Waals surface area contributed by atoms with Crippen molar-refractivity contribution in [3.8, 4) is 23.1 Å². The van der Waals surface area contributed by atoms with Crippen LogP contribution in [-0.2, 0) is 7.05 Å². The van der Waals surface area contributed by atoms with Gasteiger partial charge in [-0.1, -0.05) is 18.5 Å². The standard InChI is InChI=1S/C18H19ClN8O/c1-10(8-20-2)16-23-17(25-24-16)15-14(27-6-5-21-9-27)13-12(26(15)3)7-11(19)18(22-13)28-4/h5-10H,1-4H3,(H,23,24,25)/b20-8-. The molecule has 144 valence electrons. The maximum absolute atomic E-state index is 6.32. The van der Waals surface area contributed by atoms with Gasteiger partial charge in [0.1, 0.15) is 27.7 Å². The molecule has 9 nitrogen and oxygen atoms in total. The van der Waals surface area contributed by atoms with Crippen molar-refractivity contribution in [1.82, 2.24) is 34.3 Å². The van der Waals surface area contributed by atoms with Crippen molar-refractivity contribution >= 4 is 28.8 Å². The fourth-order valence-corrected chi connectivity index (χ4v) is 3.44. The fraction of sp³-hybridized carbons (Fsp3) is 0.278. The fourth-order valence-electron chi connectivity index (χ4n) is 3.21. The molecule has 1 N–H and O–H groups in total. The molecule has 4 rings (SSSR count). The van der Waals surface area contributed by atoms with E-state index in [1.807, 2.05) is 41.6 Å². The summed E-state index contributed by atoms with van der Waals surface area (Å²) in [4.78, 5) is 16.2. The zero-order chi connectivity index (χ0) is 19.8. The summed E-state index contributed by atoms with van der Waals surface area (Å²) in [6.07, 6.45) is 7.09. The maximum Gasteiger partial charge on any atom is 0.233 e. The Kier molecular flexibility index (Phi) is 4.60. The number of halogens is 1. The summed E-state index contributed by atoms with van der Waals surface area (Å²) in [5.74, 6) is 1.72. The number of hydrogen-bond donors (Lipinski definition) is 1. The minimum absolute atomic E-state index is 0.0188. The van der Waals surface area contributed by atoms with E-state index in [9.17, 15) is 0 Å². The SMILES string of the molecule is C/N=C\C(C)c1nnc(-c2c(-n3ccnc3)c3nc(OC)c(Cl)cc3n2C)[nH]1. The molecule has 0 aliphatic heterocycles. The molecule has 0 aliphatic carbocycles. The Balaban J connectivity index is 2.00. The summed E-state index contributed by atoms with van der Waals surface area (Å²) < 4.78 is 9.18. The molecular formula is C18H19ClN8O. The minimum Gasteiger partial charge on any atom is -0.480 e. The largest absolute Gasteiger partial charge is 0.480 e. The molecule has 0 radical (unpaired) electrons. The van der Waals surface area contributed by atoms with Crippen LogP contribution in [0.5, 0.6) is 5.88 Å². The number of methoxy groups -OCH3 is 1. The molecule has 4 aromatic rings. The number of pyridine rings is 1. The molecule has 1 atom stereocenters. The van der Waals surface area contributed by atoms with Crippen molar-refractivity contribution in [2.75, 3.05) is 14.2 Å². The molecule has 0 fully saturated rings. The van der Waals surface area contributed by atoms with Crippen LogP contribution in [-0.4, -0.2) is 54.7 Å². The predicted molar refractivity (Wildman–Crippen MR) is 108 cm³/mol. The lowest BCUT2D eigenvalue weighted by atomic mass is 10.2. The number of hydrogen-bond acceptors (Lipinski definition) is 6. The smallest absolute Gasteiger partial charge is 0.233 e. The van der Waals surface area contributed by atoms with E-state index in [4.69, 9.17) is 16.3 Å². The third-order valence-electron chi connectivity index (χ3n) is 4.56. The van der Waals surface area contributed by atoms with Gasteiger partial charge < -0.3 is 23.8 Å². The summed E-state index contributed by atoms with van der Waals surface area (Å²) in [5, 5.41) is 9.09. The maximum atomic E-state index is 6.32. The molecule has 0 amide bonds. The summed E-state index contributed by atoms with van der Waals surface area (Å²) in [5.41, 5.74) is 3.18. The van der Waals surface area contributed by atoms with Crippen molar-refractivity contribution in [3.05, 3.63) is 35.6 Å². The van der Waals surface area contributed by atoms with Gasteiger partial charge in [0, 0.05) is 32.7 Å². The highest BCUT2D eigenvalue weighted by Crippen LogP contribution is 2.37. The van der Waals surface area contributed by atoms with Gasteiger partial charge in [-0.05, 0) is 6.07 Å². The van der Waals surface area contributed by atoms with E-state index in [0.29, 0.717) is 16.7 Å². The molecule has 0 aliphatic rings. The van der Waals surface area contributed by atoms with E-state index in [0.717, 1.165) is 28.2 Å². The number of fused-ring (bicyclic) bond motifs is 1. The normalized spacial score (nSPS) is 12.9. The Morgan fingerprint density at radius 1 is 1.36 bits per heavy atom. The number of imidazole rings is 1. The molecular weight excluding hydrogens is 380 g/mol. The number of nitrogens with one attached hydrogen (secondary N) is 1. The van der Waals surface area contributed by atoms with Crippen molar-refractivity contribution in [1.29, 1.82) is 0 Å². The van der Waals surface area contributed by atoms with Gasteiger partial charge in [0.05, 0.1) is 24.9 Å². The van der Waals surface area contributed by atoms with Crippen molar-refractivity contribution < 1.29 is 4.74 Å². The molecule has 0 saturated carbocycles. The molecule has 10 heteroatoms. The number of ether oxygens (including phenoxy) is 1. The van der Waals surface area contributed by atoms with Crippen LogP contribution in [0.4, 0.5) is 0 Å². The van der Waals surface area contributed by atoms with Crippen LogP contribution in [0.25, 0.3) is 28.2 Å². The van der Waals surface area contributed by atoms with E-state index in [2.05, 4.69) is 30.1 Å². The average Bonchev–Trinajstić information content (AvgIpc) is 3.41. The molecule has 28 heavy (non-hydrogen) atoms. The second-order valence-electron chi connectivity index (χ2n) is 6.33. The van der Waals surface area contributed by atoms with Gasteiger partial charge in [-0.3, -0.25) is 0 Å². The van der Waals surface area contributed by atoms with Crippen molar-refractivity contribution in [2.45, 2.75) is 12.8 Å². The van der Waals surface area contributed by atoms with Crippen LogP contribution in [0.2, 0.25) is 5.02 Å². The first-order valence-corrected chi connectivity index (χ1v) is 8.99. The lowest BCUT2D eigenvalue weighted by Gasteiger charge is -2.05. The monoisotopic (exact) mass is 398 g/mol. The van der Waals surface area contributed by atoms with Crippen LogP contribution in [0.15, 0.2) is 29.8 Å². The van der Waals surface area contributed by atoms with E-state index in [-0.39, 0.29) is 5.92 Å². The Morgan fingerprint density at radius 2 is 2.18 bits per heavy atom. The molecule has 4 aromatic heterocycles. The van der Waals surface area contributed by atoms with Crippen LogP contribution < -0.4 is 4.74 Å². The van der Waals surface area contributed by atoms with Gasteiger partial charge >= 0.3 is 0 Å². The number of aryl methyl sites for hydroxylation is 1. The van der Waals surface area contributed by atoms with E-state index < -0.39 is 0 Å². The number of rotatable bonds is 5. The third kappa shape index (κ3) is 2.84. The van der Waals surface area contributed by atoms with Gasteiger partial charge in [0.15, 0.2) is 5.82 Å². The highest BCUT2D eigenvalue weighted by atomic mass is 35.5. The van der Waals surface area contributed by atoms with Crippen LogP contribution in [0.3, 0.4) is 0 Å². The highest BCUT2D eigenvalue weighted by Gasteiger charge is 2.24. The summed E-state index contributed by atoms with van der Waals surface area (Å²) in [7, 11) is 5.21. The first kappa shape index (κ1) is 18.2. The van der Waals surface area contributed by atoms with Crippen LogP contribution in [0, 0.1) is 0 Å². The van der Waals surface area contributed by atoms with Gasteiger partial charge in [-0.15, -0.1) is 10.2 Å². The van der Waals surface area contributed by atoms with E-state index in [1.165, 1.54) is 0 Å². The van der Waals surface area contributed by atoms with Gasteiger partial charge in [0.25, 0.3) is 0 Å². The summed E-state index contributed by atoms with van der Waals surface area (Å²) in [6, 6.07) is 1.83. The van der Waals surface area contributed by atoms with Crippen LogP contribution >= 0.6 is 11.6 Å². The number of aromatic nitrogens is 7. The Morgan fingerprint density at radius 3 is 2.86 bits per heavy atom. The summed E-state index contributed by atoms with van der Waals surface area (Å²) in [6.45, 7) is 2.00. The Hall–Kier alpha value is -3.20. The zero-order valence-electron chi connectivity index (χ0n) is 15.9. The zero-order valence-corrected chi connectivity index (χ0v) is 16.6. The van der Waals surface area contributed by atoms with Crippen molar-refractivity contribution in [2.24, 2.45) is 12.0 Å². The molecule has 1 unspecified atom stereocenters. The molecule has 0 bridgehead atoms. The second kappa shape index (κ2) is 7.08. The quantitative estimate of drug-likeness (QED) is 0.521. The minimum atomic E-state index is 0.0188. The third-order valence-corrected chi connectivity index (χ3v) is 4.83. The van der Waals surface area contributed by atoms with Gasteiger partial charge in [-0.2, -0.15) is 0 Å². The lowest BCUT2D eigenvalue weighted by molar-refractivity contribution is 0.400. The Bertz CT molecular complexity index is 1160. The van der Waals surface area contributed by atoms with Gasteiger partial charge in [0.2, 0.25) is 5.88 Å². The topological polar surface area (TPSA) is 98.8 Å².